The van der Waals surface area contributed by atoms with Gasteiger partial charge in [-0.2, -0.15) is 0 Å². The lowest BCUT2D eigenvalue weighted by Gasteiger charge is -2.20. The summed E-state index contributed by atoms with van der Waals surface area (Å²) < 4.78 is 5.20. The minimum atomic E-state index is 0.0667. The maximum Gasteiger partial charge on any atom is 0.223 e. The third-order valence-electron chi connectivity index (χ3n) is 2.49. The summed E-state index contributed by atoms with van der Waals surface area (Å²) in [6.07, 6.45) is 1.59. The lowest BCUT2D eigenvalue weighted by atomic mass is 9.99. The van der Waals surface area contributed by atoms with Crippen LogP contribution in [0.5, 0.6) is 0 Å². The van der Waals surface area contributed by atoms with E-state index in [1.165, 1.54) is 11.3 Å². The van der Waals surface area contributed by atoms with Crippen LogP contribution in [-0.4, -0.2) is 29.3 Å². The van der Waals surface area contributed by atoms with Gasteiger partial charge < -0.3 is 15.8 Å². The second-order valence-electron chi connectivity index (χ2n) is 3.64. The summed E-state index contributed by atoms with van der Waals surface area (Å²) in [5.74, 6) is 0.135. The molecule has 1 saturated heterocycles. The zero-order chi connectivity index (χ0) is 11.4. The first-order valence-electron chi connectivity index (χ1n) is 5.19. The fourth-order valence-corrected chi connectivity index (χ4v) is 2.15. The molecule has 1 aliphatic heterocycles. The van der Waals surface area contributed by atoms with E-state index in [-0.39, 0.29) is 11.8 Å². The summed E-state index contributed by atoms with van der Waals surface area (Å²) in [5, 5.41) is 11.5. The molecule has 0 aliphatic carbocycles. The first kappa shape index (κ1) is 11.3. The molecule has 16 heavy (non-hydrogen) atoms. The summed E-state index contributed by atoms with van der Waals surface area (Å²) in [6, 6.07) is 0. The summed E-state index contributed by atoms with van der Waals surface area (Å²) >= 11 is 1.29. The maximum absolute atomic E-state index is 11.7. The molecule has 0 bridgehead atoms. The molecule has 0 radical (unpaired) electrons. The number of nitrogens with two attached hydrogens (primary N) is 1. The van der Waals surface area contributed by atoms with Gasteiger partial charge in [-0.05, 0) is 12.8 Å². The first-order chi connectivity index (χ1) is 7.75. The number of hydrogen-bond acceptors (Lipinski definition) is 6. The molecule has 1 aliphatic rings. The van der Waals surface area contributed by atoms with Gasteiger partial charge in [-0.3, -0.25) is 4.79 Å². The Bertz CT molecular complexity index is 362. The van der Waals surface area contributed by atoms with Crippen LogP contribution in [0.4, 0.5) is 5.13 Å². The third-order valence-corrected chi connectivity index (χ3v) is 3.24. The number of aromatic nitrogens is 2. The van der Waals surface area contributed by atoms with E-state index in [9.17, 15) is 4.79 Å². The quantitative estimate of drug-likeness (QED) is 0.788. The Labute approximate surface area is 97.2 Å². The maximum atomic E-state index is 11.7. The van der Waals surface area contributed by atoms with E-state index in [2.05, 4.69) is 15.5 Å². The topological polar surface area (TPSA) is 90.1 Å². The molecule has 1 aromatic rings. The highest BCUT2D eigenvalue weighted by molar-refractivity contribution is 7.15. The number of ether oxygens (including phenoxy) is 1. The zero-order valence-electron chi connectivity index (χ0n) is 8.81. The molecule has 0 spiro atoms. The number of amides is 1. The number of carbonyl (C=O) groups is 1. The number of hydrogen-bond donors (Lipinski definition) is 2. The normalized spacial score (nSPS) is 17.2. The van der Waals surface area contributed by atoms with Crippen molar-refractivity contribution in [2.24, 2.45) is 5.92 Å². The Kier molecular flexibility index (Phi) is 3.68. The van der Waals surface area contributed by atoms with Gasteiger partial charge in [0.15, 0.2) is 0 Å². The number of carbonyl (C=O) groups excluding carboxylic acids is 1. The van der Waals surface area contributed by atoms with Crippen molar-refractivity contribution in [3.05, 3.63) is 5.01 Å². The van der Waals surface area contributed by atoms with E-state index in [0.29, 0.717) is 24.9 Å². The summed E-state index contributed by atoms with van der Waals surface area (Å²) in [6.45, 7) is 1.75. The molecular formula is C9H14N4O2S. The van der Waals surface area contributed by atoms with Crippen molar-refractivity contribution in [2.45, 2.75) is 19.4 Å². The summed E-state index contributed by atoms with van der Waals surface area (Å²) in [5.41, 5.74) is 5.44. The number of anilines is 1. The molecule has 0 aromatic carbocycles. The van der Waals surface area contributed by atoms with Gasteiger partial charge in [0, 0.05) is 19.1 Å². The van der Waals surface area contributed by atoms with Gasteiger partial charge in [-0.25, -0.2) is 0 Å². The van der Waals surface area contributed by atoms with Crippen molar-refractivity contribution in [3.63, 3.8) is 0 Å². The average molecular weight is 242 g/mol. The predicted molar refractivity (Wildman–Crippen MR) is 59.7 cm³/mol. The molecular weight excluding hydrogens is 228 g/mol. The van der Waals surface area contributed by atoms with Crippen LogP contribution in [0, 0.1) is 5.92 Å². The fourth-order valence-electron chi connectivity index (χ4n) is 1.60. The largest absolute Gasteiger partial charge is 0.381 e. The van der Waals surface area contributed by atoms with Crippen LogP contribution in [0.15, 0.2) is 0 Å². The van der Waals surface area contributed by atoms with E-state index >= 15 is 0 Å². The molecule has 0 unspecified atom stereocenters. The molecule has 0 saturated carbocycles. The molecule has 2 heterocycles. The van der Waals surface area contributed by atoms with Gasteiger partial charge in [0.1, 0.15) is 5.01 Å². The van der Waals surface area contributed by atoms with Crippen molar-refractivity contribution in [3.8, 4) is 0 Å². The van der Waals surface area contributed by atoms with Gasteiger partial charge in [0.25, 0.3) is 0 Å². The van der Waals surface area contributed by atoms with Crippen LogP contribution in [-0.2, 0) is 16.1 Å². The van der Waals surface area contributed by atoms with Crippen LogP contribution >= 0.6 is 11.3 Å². The summed E-state index contributed by atoms with van der Waals surface area (Å²) in [4.78, 5) is 11.7. The Hall–Kier alpha value is -1.21. The second kappa shape index (κ2) is 5.22. The molecule has 2 rings (SSSR count). The van der Waals surface area contributed by atoms with Crippen molar-refractivity contribution in [2.75, 3.05) is 18.9 Å². The second-order valence-corrected chi connectivity index (χ2v) is 4.73. The molecule has 1 fully saturated rings. The van der Waals surface area contributed by atoms with Crippen molar-refractivity contribution >= 4 is 22.4 Å². The molecule has 88 valence electrons. The zero-order valence-corrected chi connectivity index (χ0v) is 9.63. The van der Waals surface area contributed by atoms with Gasteiger partial charge in [-0.1, -0.05) is 11.3 Å². The highest BCUT2D eigenvalue weighted by atomic mass is 32.1. The monoisotopic (exact) mass is 242 g/mol. The molecule has 6 nitrogen and oxygen atoms in total. The van der Waals surface area contributed by atoms with Crippen molar-refractivity contribution in [1.82, 2.24) is 15.5 Å². The van der Waals surface area contributed by atoms with E-state index < -0.39 is 0 Å². The van der Waals surface area contributed by atoms with Crippen molar-refractivity contribution in [1.29, 1.82) is 0 Å². The summed E-state index contributed by atoms with van der Waals surface area (Å²) in [7, 11) is 0. The molecule has 7 heteroatoms. The number of nitrogens with one attached hydrogen (secondary N) is 1. The molecule has 1 amide bonds. The lowest BCUT2D eigenvalue weighted by molar-refractivity contribution is -0.128. The lowest BCUT2D eigenvalue weighted by Crippen LogP contribution is -2.33. The smallest absolute Gasteiger partial charge is 0.223 e. The van der Waals surface area contributed by atoms with Crippen LogP contribution in [0.3, 0.4) is 0 Å². The first-order valence-corrected chi connectivity index (χ1v) is 6.00. The van der Waals surface area contributed by atoms with E-state index in [4.69, 9.17) is 10.5 Å². The highest BCUT2D eigenvalue weighted by Gasteiger charge is 2.21. The van der Waals surface area contributed by atoms with Gasteiger partial charge in [-0.15, -0.1) is 10.2 Å². The number of nitrogens with zero attached hydrogens (tertiary/aromatic N) is 2. The van der Waals surface area contributed by atoms with Gasteiger partial charge in [0.05, 0.1) is 6.54 Å². The third kappa shape index (κ3) is 2.89. The van der Waals surface area contributed by atoms with Crippen LogP contribution in [0.2, 0.25) is 0 Å². The minimum absolute atomic E-state index is 0.0667. The Morgan fingerprint density at radius 1 is 1.50 bits per heavy atom. The van der Waals surface area contributed by atoms with Crippen LogP contribution in [0.1, 0.15) is 17.8 Å². The average Bonchev–Trinajstić information content (AvgIpc) is 2.73. The Balaban J connectivity index is 1.78. The minimum Gasteiger partial charge on any atom is -0.381 e. The molecule has 0 atom stereocenters. The van der Waals surface area contributed by atoms with Crippen LogP contribution < -0.4 is 11.1 Å². The highest BCUT2D eigenvalue weighted by Crippen LogP contribution is 2.15. The van der Waals surface area contributed by atoms with Crippen LogP contribution in [0.25, 0.3) is 0 Å². The number of rotatable bonds is 3. The van der Waals surface area contributed by atoms with Gasteiger partial charge >= 0.3 is 0 Å². The van der Waals surface area contributed by atoms with E-state index in [0.717, 1.165) is 17.8 Å². The van der Waals surface area contributed by atoms with Crippen molar-refractivity contribution < 1.29 is 9.53 Å². The Morgan fingerprint density at radius 3 is 2.88 bits per heavy atom. The fraction of sp³-hybridized carbons (Fsp3) is 0.667. The predicted octanol–water partition coefficient (Wildman–Crippen LogP) is 0.163. The SMILES string of the molecule is Nc1nnc(CNC(=O)C2CCOCC2)s1. The van der Waals surface area contributed by atoms with E-state index in [1.54, 1.807) is 0 Å². The van der Waals surface area contributed by atoms with Gasteiger partial charge in [0.2, 0.25) is 11.0 Å². The number of nitrogen functional groups attached to an aromatic ring is 1. The Morgan fingerprint density at radius 2 is 2.25 bits per heavy atom. The van der Waals surface area contributed by atoms with E-state index in [1.807, 2.05) is 0 Å². The molecule has 1 aromatic heterocycles. The standard InChI is InChI=1S/C9H14N4O2S/c10-9-13-12-7(16-9)5-11-8(14)6-1-3-15-4-2-6/h6H,1-5H2,(H2,10,13)(H,11,14). The molecule has 3 N–H and O–H groups in total.